The maximum absolute atomic E-state index is 10.4. The van der Waals surface area contributed by atoms with E-state index in [0.29, 0.717) is 6.04 Å². The van der Waals surface area contributed by atoms with Gasteiger partial charge in [-0.05, 0) is 43.4 Å². The smallest absolute Gasteiger partial charge is 0.120 e. The number of ether oxygens (including phenoxy) is 1. The highest BCUT2D eigenvalue weighted by molar-refractivity contribution is 5.87. The predicted octanol–water partition coefficient (Wildman–Crippen LogP) is 2.41. The van der Waals surface area contributed by atoms with Crippen molar-refractivity contribution in [2.24, 2.45) is 18.4 Å². The van der Waals surface area contributed by atoms with E-state index in [1.54, 1.807) is 7.11 Å². The molecule has 6 rings (SSSR count). The summed E-state index contributed by atoms with van der Waals surface area (Å²) in [5.74, 6) is 1.12. The number of hydrogen-bond acceptors (Lipinski definition) is 4. The lowest BCUT2D eigenvalue weighted by Crippen LogP contribution is -2.68. The lowest BCUT2D eigenvalue weighted by Gasteiger charge is -2.63. The van der Waals surface area contributed by atoms with E-state index in [9.17, 15) is 10.2 Å². The summed E-state index contributed by atoms with van der Waals surface area (Å²) in [5.41, 5.74) is 4.90. The third-order valence-corrected chi connectivity index (χ3v) is 7.66. The van der Waals surface area contributed by atoms with Crippen LogP contribution < -0.4 is 4.74 Å². The average molecular weight is 368 g/mol. The first kappa shape index (κ1) is 17.3. The summed E-state index contributed by atoms with van der Waals surface area (Å²) in [6.45, 7) is 3.10. The Balaban J connectivity index is 1.73. The van der Waals surface area contributed by atoms with Gasteiger partial charge < -0.3 is 19.5 Å². The second-order valence-corrected chi connectivity index (χ2v) is 8.42. The van der Waals surface area contributed by atoms with Crippen molar-refractivity contribution in [1.29, 1.82) is 0 Å². The molecule has 3 saturated heterocycles. The fraction of sp³-hybridized carbons (Fsp3) is 0.545. The molecule has 1 aromatic carbocycles. The summed E-state index contributed by atoms with van der Waals surface area (Å²) in [7, 11) is 3.86. The Bertz CT molecular complexity index is 941. The van der Waals surface area contributed by atoms with Gasteiger partial charge in [0.2, 0.25) is 0 Å². The zero-order valence-corrected chi connectivity index (χ0v) is 16.3. The molecule has 0 amide bonds. The van der Waals surface area contributed by atoms with Crippen LogP contribution in [-0.4, -0.2) is 52.6 Å². The van der Waals surface area contributed by atoms with Crippen LogP contribution in [-0.2, 0) is 13.5 Å². The molecular formula is C22H28N2O3. The van der Waals surface area contributed by atoms with Gasteiger partial charge in [-0.15, -0.1) is 0 Å². The summed E-state index contributed by atoms with van der Waals surface area (Å²) in [6, 6.07) is 6.84. The van der Waals surface area contributed by atoms with Crippen LogP contribution in [0.25, 0.3) is 10.9 Å². The van der Waals surface area contributed by atoms with Gasteiger partial charge in [0.1, 0.15) is 5.75 Å². The zero-order chi connectivity index (χ0) is 18.9. The van der Waals surface area contributed by atoms with Crippen molar-refractivity contribution in [1.82, 2.24) is 9.47 Å². The van der Waals surface area contributed by atoms with Gasteiger partial charge in [-0.2, -0.15) is 0 Å². The van der Waals surface area contributed by atoms with E-state index < -0.39 is 5.41 Å². The lowest BCUT2D eigenvalue weighted by atomic mass is 9.55. The summed E-state index contributed by atoms with van der Waals surface area (Å²) >= 11 is 0. The van der Waals surface area contributed by atoms with Gasteiger partial charge in [-0.25, -0.2) is 0 Å². The van der Waals surface area contributed by atoms with Gasteiger partial charge in [0, 0.05) is 42.2 Å². The Hall–Kier alpha value is -1.82. The van der Waals surface area contributed by atoms with Gasteiger partial charge in [0.15, 0.2) is 0 Å². The first-order valence-electron chi connectivity index (χ1n) is 9.87. The minimum absolute atomic E-state index is 0.0350. The number of benzene rings is 1. The lowest BCUT2D eigenvalue weighted by molar-refractivity contribution is -0.141. The normalized spacial score (nSPS) is 32.1. The number of aliphatic hydroxyl groups excluding tert-OH is 2. The Labute approximate surface area is 159 Å². The van der Waals surface area contributed by atoms with Crippen molar-refractivity contribution in [3.63, 3.8) is 0 Å². The summed E-state index contributed by atoms with van der Waals surface area (Å²) in [6.07, 6.45) is 4.04. The third-order valence-electron chi connectivity index (χ3n) is 7.66. The van der Waals surface area contributed by atoms with E-state index in [1.807, 2.05) is 6.07 Å². The van der Waals surface area contributed by atoms with Gasteiger partial charge in [0.25, 0.3) is 0 Å². The van der Waals surface area contributed by atoms with Crippen molar-refractivity contribution in [3.05, 3.63) is 41.1 Å². The Morgan fingerprint density at radius 1 is 1.30 bits per heavy atom. The van der Waals surface area contributed by atoms with Crippen LogP contribution in [0.5, 0.6) is 5.75 Å². The molecule has 4 aliphatic rings. The first-order chi connectivity index (χ1) is 13.1. The van der Waals surface area contributed by atoms with E-state index in [0.717, 1.165) is 25.1 Å². The van der Waals surface area contributed by atoms with Crippen LogP contribution in [0.4, 0.5) is 0 Å². The molecule has 1 aromatic heterocycles. The fourth-order valence-electron chi connectivity index (χ4n) is 6.27. The number of methoxy groups -OCH3 is 1. The SMILES string of the molecule is C/C=C1/CN2[C@H]3Cc4c(n(C)c5cc(OC)ccc45)[C@@H]2CC1C3(CO)CO. The summed E-state index contributed by atoms with van der Waals surface area (Å²) < 4.78 is 7.78. The first-order valence-corrected chi connectivity index (χ1v) is 9.87. The predicted molar refractivity (Wildman–Crippen MR) is 105 cm³/mol. The van der Waals surface area contributed by atoms with Crippen molar-refractivity contribution >= 4 is 10.9 Å². The summed E-state index contributed by atoms with van der Waals surface area (Å²) in [5, 5.41) is 22.1. The Kier molecular flexibility index (Phi) is 3.74. The molecule has 144 valence electrons. The van der Waals surface area contributed by atoms with Gasteiger partial charge in [-0.3, -0.25) is 4.90 Å². The molecule has 0 aliphatic carbocycles. The van der Waals surface area contributed by atoms with Crippen LogP contribution in [0, 0.1) is 11.3 Å². The van der Waals surface area contributed by atoms with E-state index >= 15 is 0 Å². The number of piperidine rings is 3. The van der Waals surface area contributed by atoms with Crippen molar-refractivity contribution in [3.8, 4) is 5.75 Å². The molecule has 27 heavy (non-hydrogen) atoms. The van der Waals surface area contributed by atoms with E-state index in [-0.39, 0.29) is 25.2 Å². The number of aryl methyl sites for hydroxylation is 1. The molecule has 4 bridgehead atoms. The minimum atomic E-state index is -0.455. The fourth-order valence-corrected chi connectivity index (χ4v) is 6.27. The quantitative estimate of drug-likeness (QED) is 0.817. The number of nitrogens with zero attached hydrogens (tertiary/aromatic N) is 2. The molecule has 4 atom stereocenters. The number of aromatic nitrogens is 1. The second kappa shape index (κ2) is 5.84. The molecule has 4 aliphatic heterocycles. The maximum atomic E-state index is 10.4. The molecule has 0 spiro atoms. The Morgan fingerprint density at radius 3 is 2.74 bits per heavy atom. The van der Waals surface area contributed by atoms with Crippen molar-refractivity contribution in [2.45, 2.75) is 31.8 Å². The standard InChI is InChI=1S/C22H28N2O3/c1-4-13-10-24-19-9-17(13)22(11-25,12-26)20(24)8-16-15-6-5-14(27-3)7-18(15)23(2)21(16)19/h4-7,17,19-20,25-26H,8-12H2,1-3H3/b13-4-/t17?,19-,20-/m0/s1. The van der Waals surface area contributed by atoms with Crippen molar-refractivity contribution < 1.29 is 14.9 Å². The molecule has 2 aromatic rings. The van der Waals surface area contributed by atoms with E-state index in [4.69, 9.17) is 4.74 Å². The van der Waals surface area contributed by atoms with Gasteiger partial charge in [-0.1, -0.05) is 11.6 Å². The van der Waals surface area contributed by atoms with Crippen LogP contribution in [0.2, 0.25) is 0 Å². The number of aliphatic hydroxyl groups is 2. The Morgan fingerprint density at radius 2 is 2.07 bits per heavy atom. The number of hydrogen-bond donors (Lipinski definition) is 2. The van der Waals surface area contributed by atoms with Crippen molar-refractivity contribution in [2.75, 3.05) is 26.9 Å². The largest absolute Gasteiger partial charge is 0.497 e. The topological polar surface area (TPSA) is 57.9 Å². The monoisotopic (exact) mass is 368 g/mol. The highest BCUT2D eigenvalue weighted by Gasteiger charge is 2.60. The highest BCUT2D eigenvalue weighted by atomic mass is 16.5. The maximum Gasteiger partial charge on any atom is 0.120 e. The van der Waals surface area contributed by atoms with E-state index in [2.05, 4.69) is 41.6 Å². The molecule has 5 heterocycles. The van der Waals surface area contributed by atoms with E-state index in [1.165, 1.54) is 27.7 Å². The number of rotatable bonds is 3. The molecule has 3 fully saturated rings. The van der Waals surface area contributed by atoms with Crippen LogP contribution >= 0.6 is 0 Å². The molecule has 0 saturated carbocycles. The summed E-state index contributed by atoms with van der Waals surface area (Å²) in [4.78, 5) is 2.54. The third kappa shape index (κ3) is 2.00. The highest BCUT2D eigenvalue weighted by Crippen LogP contribution is 2.59. The average Bonchev–Trinajstić information content (AvgIpc) is 2.99. The molecule has 2 N–H and O–H groups in total. The van der Waals surface area contributed by atoms with Crippen LogP contribution in [0.3, 0.4) is 0 Å². The van der Waals surface area contributed by atoms with Gasteiger partial charge in [0.05, 0.1) is 31.9 Å². The van der Waals surface area contributed by atoms with Gasteiger partial charge >= 0.3 is 0 Å². The number of fused-ring (bicyclic) bond motifs is 4. The zero-order valence-electron chi connectivity index (χ0n) is 16.3. The molecule has 2 unspecified atom stereocenters. The second-order valence-electron chi connectivity index (χ2n) is 8.42. The molecule has 5 nitrogen and oxygen atoms in total. The van der Waals surface area contributed by atoms with Crippen LogP contribution in [0.15, 0.2) is 29.8 Å². The van der Waals surface area contributed by atoms with Crippen LogP contribution in [0.1, 0.15) is 30.6 Å². The number of allylic oxidation sites excluding steroid dienone is 1. The minimum Gasteiger partial charge on any atom is -0.497 e. The molecule has 5 heteroatoms. The molecule has 0 radical (unpaired) electrons. The molecular weight excluding hydrogens is 340 g/mol.